The number of hydrogen-bond donors (Lipinski definition) is 1. The van der Waals surface area contributed by atoms with Crippen LogP contribution in [0.1, 0.15) is 32.6 Å². The first-order valence-electron chi connectivity index (χ1n) is 7.38. The molecule has 1 atom stereocenters. The number of carbonyl (C=O) groups excluding carboxylic acids is 1. The first-order chi connectivity index (χ1) is 8.81. The number of nitrogens with one attached hydrogen (secondary N) is 1. The van der Waals surface area contributed by atoms with E-state index in [4.69, 9.17) is 4.74 Å². The van der Waals surface area contributed by atoms with Crippen LogP contribution < -0.4 is 5.32 Å². The number of amides is 1. The van der Waals surface area contributed by atoms with Gasteiger partial charge in [-0.2, -0.15) is 0 Å². The van der Waals surface area contributed by atoms with E-state index < -0.39 is 0 Å². The predicted molar refractivity (Wildman–Crippen MR) is 78.6 cm³/mol. The van der Waals surface area contributed by atoms with Gasteiger partial charge in [0, 0.05) is 31.5 Å². The molecule has 2 rings (SSSR count). The molecule has 112 valence electrons. The van der Waals surface area contributed by atoms with Gasteiger partial charge >= 0.3 is 0 Å². The van der Waals surface area contributed by atoms with E-state index in [1.165, 1.54) is 0 Å². The summed E-state index contributed by atoms with van der Waals surface area (Å²) in [5, 5.41) is 3.31. The molecule has 0 saturated carbocycles. The summed E-state index contributed by atoms with van der Waals surface area (Å²) in [6, 6.07) is 0. The Hall–Kier alpha value is -0.320. The van der Waals surface area contributed by atoms with Crippen molar-refractivity contribution in [2.45, 2.75) is 32.6 Å². The zero-order chi connectivity index (χ0) is 12.8. The Morgan fingerprint density at radius 3 is 2.74 bits per heavy atom. The molecule has 2 saturated heterocycles. The lowest BCUT2D eigenvalue weighted by molar-refractivity contribution is -0.135. The van der Waals surface area contributed by atoms with E-state index in [0.717, 1.165) is 65.1 Å². The monoisotopic (exact) mass is 290 g/mol. The second-order valence-electron chi connectivity index (χ2n) is 5.54. The van der Waals surface area contributed by atoms with Crippen molar-refractivity contribution < 1.29 is 9.53 Å². The molecule has 2 aliphatic heterocycles. The van der Waals surface area contributed by atoms with Gasteiger partial charge in [0.1, 0.15) is 0 Å². The number of rotatable bonds is 5. The van der Waals surface area contributed by atoms with Gasteiger partial charge < -0.3 is 15.0 Å². The van der Waals surface area contributed by atoms with Gasteiger partial charge in [-0.1, -0.05) is 6.92 Å². The Morgan fingerprint density at radius 1 is 1.32 bits per heavy atom. The van der Waals surface area contributed by atoms with Crippen LogP contribution in [0.4, 0.5) is 0 Å². The molecule has 1 N–H and O–H groups in total. The van der Waals surface area contributed by atoms with Gasteiger partial charge in [0.25, 0.3) is 0 Å². The number of ether oxygens (including phenoxy) is 1. The lowest BCUT2D eigenvalue weighted by Gasteiger charge is -2.26. The fourth-order valence-corrected chi connectivity index (χ4v) is 2.89. The normalized spacial score (nSPS) is 24.3. The van der Waals surface area contributed by atoms with Crippen molar-refractivity contribution in [2.24, 2.45) is 11.8 Å². The highest BCUT2D eigenvalue weighted by atomic mass is 35.5. The van der Waals surface area contributed by atoms with Crippen LogP contribution in [0, 0.1) is 11.8 Å². The van der Waals surface area contributed by atoms with Gasteiger partial charge in [-0.05, 0) is 38.8 Å². The lowest BCUT2D eigenvalue weighted by Crippen LogP contribution is -2.40. The van der Waals surface area contributed by atoms with Crippen molar-refractivity contribution in [3.8, 4) is 0 Å². The van der Waals surface area contributed by atoms with Crippen molar-refractivity contribution >= 4 is 18.3 Å². The van der Waals surface area contributed by atoms with Gasteiger partial charge in [0.2, 0.25) is 5.91 Å². The maximum Gasteiger partial charge on any atom is 0.225 e. The van der Waals surface area contributed by atoms with Crippen LogP contribution >= 0.6 is 12.4 Å². The summed E-state index contributed by atoms with van der Waals surface area (Å²) in [5.41, 5.74) is 0. The van der Waals surface area contributed by atoms with Gasteiger partial charge in [-0.3, -0.25) is 4.79 Å². The minimum absolute atomic E-state index is 0. The molecule has 0 aliphatic carbocycles. The quantitative estimate of drug-likeness (QED) is 0.784. The molecular formula is C14H27ClN2O2. The minimum atomic E-state index is 0. The van der Waals surface area contributed by atoms with Gasteiger partial charge in [-0.15, -0.1) is 12.4 Å². The summed E-state index contributed by atoms with van der Waals surface area (Å²) in [5.74, 6) is 1.21. The SMILES string of the molecule is CCCOCC1CCN(C(=O)C2CCNCC2)C1.Cl. The molecule has 0 bridgehead atoms. The molecule has 5 heteroatoms. The average molecular weight is 291 g/mol. The Bertz CT molecular complexity index is 270. The highest BCUT2D eigenvalue weighted by Gasteiger charge is 2.31. The van der Waals surface area contributed by atoms with E-state index in [1.54, 1.807) is 0 Å². The van der Waals surface area contributed by atoms with Crippen molar-refractivity contribution in [3.05, 3.63) is 0 Å². The van der Waals surface area contributed by atoms with Gasteiger partial charge in [0.15, 0.2) is 0 Å². The van der Waals surface area contributed by atoms with Crippen LogP contribution in [-0.2, 0) is 9.53 Å². The lowest BCUT2D eigenvalue weighted by atomic mass is 9.97. The molecule has 19 heavy (non-hydrogen) atoms. The highest BCUT2D eigenvalue weighted by molar-refractivity contribution is 5.85. The molecule has 4 nitrogen and oxygen atoms in total. The molecule has 1 unspecified atom stereocenters. The fraction of sp³-hybridized carbons (Fsp3) is 0.929. The van der Waals surface area contributed by atoms with E-state index in [0.29, 0.717) is 11.8 Å². The van der Waals surface area contributed by atoms with E-state index in [-0.39, 0.29) is 18.3 Å². The molecule has 0 aromatic rings. The highest BCUT2D eigenvalue weighted by Crippen LogP contribution is 2.22. The zero-order valence-electron chi connectivity index (χ0n) is 11.9. The second-order valence-corrected chi connectivity index (χ2v) is 5.54. The fourth-order valence-electron chi connectivity index (χ4n) is 2.89. The molecule has 2 aliphatic rings. The van der Waals surface area contributed by atoms with Gasteiger partial charge in [0.05, 0.1) is 6.61 Å². The van der Waals surface area contributed by atoms with E-state index in [1.807, 2.05) is 0 Å². The third-order valence-corrected chi connectivity index (χ3v) is 3.99. The van der Waals surface area contributed by atoms with Crippen LogP contribution in [-0.4, -0.2) is 50.2 Å². The topological polar surface area (TPSA) is 41.6 Å². The molecule has 0 aromatic heterocycles. The van der Waals surface area contributed by atoms with Crippen LogP contribution in [0.3, 0.4) is 0 Å². The number of nitrogens with zero attached hydrogens (tertiary/aromatic N) is 1. The summed E-state index contributed by atoms with van der Waals surface area (Å²) < 4.78 is 5.59. The largest absolute Gasteiger partial charge is 0.381 e. The zero-order valence-corrected chi connectivity index (χ0v) is 12.7. The summed E-state index contributed by atoms with van der Waals surface area (Å²) >= 11 is 0. The van der Waals surface area contributed by atoms with Crippen molar-refractivity contribution in [1.29, 1.82) is 0 Å². The number of piperidine rings is 1. The average Bonchev–Trinajstić information content (AvgIpc) is 2.88. The van der Waals surface area contributed by atoms with Crippen LogP contribution in [0.5, 0.6) is 0 Å². The predicted octanol–water partition coefficient (Wildman–Crippen LogP) is 1.68. The Morgan fingerprint density at radius 2 is 2.05 bits per heavy atom. The van der Waals surface area contributed by atoms with Crippen molar-refractivity contribution in [3.63, 3.8) is 0 Å². The molecule has 2 heterocycles. The number of hydrogen-bond acceptors (Lipinski definition) is 3. The molecular weight excluding hydrogens is 264 g/mol. The first-order valence-corrected chi connectivity index (χ1v) is 7.38. The maximum absolute atomic E-state index is 12.3. The van der Waals surface area contributed by atoms with E-state index in [9.17, 15) is 4.79 Å². The number of likely N-dealkylation sites (tertiary alicyclic amines) is 1. The molecule has 0 spiro atoms. The van der Waals surface area contributed by atoms with Crippen LogP contribution in [0.2, 0.25) is 0 Å². The Balaban J connectivity index is 0.00000180. The third kappa shape index (κ3) is 4.93. The summed E-state index contributed by atoms with van der Waals surface area (Å²) in [7, 11) is 0. The number of halogens is 1. The number of carbonyl (C=O) groups is 1. The van der Waals surface area contributed by atoms with Crippen molar-refractivity contribution in [2.75, 3.05) is 39.4 Å². The smallest absolute Gasteiger partial charge is 0.225 e. The van der Waals surface area contributed by atoms with Crippen molar-refractivity contribution in [1.82, 2.24) is 10.2 Å². The Labute approximate surface area is 122 Å². The van der Waals surface area contributed by atoms with Crippen LogP contribution in [0.15, 0.2) is 0 Å². The summed E-state index contributed by atoms with van der Waals surface area (Å²) in [6.45, 7) is 7.63. The maximum atomic E-state index is 12.3. The standard InChI is InChI=1S/C14H26N2O2.ClH/c1-2-9-18-11-12-5-8-16(10-12)14(17)13-3-6-15-7-4-13;/h12-13,15H,2-11H2,1H3;1H. The van der Waals surface area contributed by atoms with Gasteiger partial charge in [-0.25, -0.2) is 0 Å². The van der Waals surface area contributed by atoms with E-state index >= 15 is 0 Å². The molecule has 2 fully saturated rings. The third-order valence-electron chi connectivity index (χ3n) is 3.99. The molecule has 1 amide bonds. The molecule has 0 radical (unpaired) electrons. The first kappa shape index (κ1) is 16.7. The Kier molecular flexibility index (Phi) is 7.73. The van der Waals surface area contributed by atoms with Crippen LogP contribution in [0.25, 0.3) is 0 Å². The molecule has 0 aromatic carbocycles. The summed E-state index contributed by atoms with van der Waals surface area (Å²) in [4.78, 5) is 14.4. The second kappa shape index (κ2) is 8.77. The summed E-state index contributed by atoms with van der Waals surface area (Å²) in [6.07, 6.45) is 4.20. The minimum Gasteiger partial charge on any atom is -0.381 e. The van der Waals surface area contributed by atoms with E-state index in [2.05, 4.69) is 17.1 Å².